The number of aromatic nitrogens is 2. The van der Waals surface area contributed by atoms with Gasteiger partial charge in [0.1, 0.15) is 5.69 Å². The number of aromatic amines is 1. The molecule has 7 nitrogen and oxygen atoms in total. The molecule has 1 aliphatic heterocycles. The third-order valence-corrected chi connectivity index (χ3v) is 10.3. The molecule has 1 aliphatic rings. The number of nitrogens with one attached hydrogen (secondary N) is 1. The quantitative estimate of drug-likeness (QED) is 0.484. The third kappa shape index (κ3) is 3.61. The van der Waals surface area contributed by atoms with Gasteiger partial charge in [0.15, 0.2) is 8.32 Å². The number of benzene rings is 1. The maximum atomic E-state index is 11.5. The van der Waals surface area contributed by atoms with Crippen LogP contribution in [-0.4, -0.2) is 42.6 Å². The molecule has 0 bridgehead atoms. The monoisotopic (exact) mass is 376 g/mol. The average Bonchev–Trinajstić information content (AvgIpc) is 3.00. The molecule has 8 heteroatoms. The Bertz CT molecular complexity index is 804. The first-order chi connectivity index (χ1) is 12.1. The number of fused-ring (bicyclic) bond motifs is 1. The molecule has 0 spiro atoms. The number of piperidine rings is 1. The van der Waals surface area contributed by atoms with Gasteiger partial charge in [0.25, 0.3) is 5.69 Å². The third-order valence-electron chi connectivity index (χ3n) is 5.78. The Hall–Kier alpha value is -1.93. The number of nitrogens with zero attached hydrogens (tertiary/aromatic N) is 3. The number of rotatable bonds is 4. The minimum atomic E-state index is -1.79. The molecule has 2 aromatic rings. The second kappa shape index (κ2) is 6.66. The fraction of sp³-hybridized carbons (Fsp3) is 0.611. The predicted molar refractivity (Wildman–Crippen MR) is 106 cm³/mol. The summed E-state index contributed by atoms with van der Waals surface area (Å²) in [4.78, 5) is 13.3. The molecule has 0 radical (unpaired) electrons. The maximum Gasteiger partial charge on any atom is 0.293 e. The van der Waals surface area contributed by atoms with Crippen molar-refractivity contribution >= 4 is 30.6 Å². The van der Waals surface area contributed by atoms with Crippen LogP contribution in [0.15, 0.2) is 18.3 Å². The second-order valence-electron chi connectivity index (χ2n) is 8.62. The highest BCUT2D eigenvalue weighted by Crippen LogP contribution is 2.39. The fourth-order valence-electron chi connectivity index (χ4n) is 3.18. The molecule has 1 fully saturated rings. The molecule has 0 amide bonds. The van der Waals surface area contributed by atoms with E-state index in [0.717, 1.165) is 36.8 Å². The molecule has 1 aromatic carbocycles. The SMILES string of the molecule is CC(C)(C)[Si](C)(C)OC1CCN(c2cc3[nH]ncc3cc2[N+](=O)[O-])CC1. The summed E-state index contributed by atoms with van der Waals surface area (Å²) in [5.74, 6) is 0. The van der Waals surface area contributed by atoms with E-state index >= 15 is 0 Å². The number of hydrogen-bond donors (Lipinski definition) is 1. The molecule has 26 heavy (non-hydrogen) atoms. The smallest absolute Gasteiger partial charge is 0.293 e. The summed E-state index contributed by atoms with van der Waals surface area (Å²) >= 11 is 0. The number of H-pyrrole nitrogens is 1. The van der Waals surface area contributed by atoms with Crippen LogP contribution in [0, 0.1) is 10.1 Å². The lowest BCUT2D eigenvalue weighted by Crippen LogP contribution is -2.47. The summed E-state index contributed by atoms with van der Waals surface area (Å²) in [7, 11) is -1.79. The van der Waals surface area contributed by atoms with E-state index in [1.54, 1.807) is 12.3 Å². The highest BCUT2D eigenvalue weighted by atomic mass is 28.4. The van der Waals surface area contributed by atoms with Gasteiger partial charge in [-0.2, -0.15) is 5.10 Å². The van der Waals surface area contributed by atoms with E-state index in [1.165, 1.54) is 0 Å². The topological polar surface area (TPSA) is 84.3 Å². The van der Waals surface area contributed by atoms with Gasteiger partial charge in [-0.1, -0.05) is 20.8 Å². The molecular formula is C18H28N4O3Si. The summed E-state index contributed by atoms with van der Waals surface area (Å²) in [6, 6.07) is 3.45. The summed E-state index contributed by atoms with van der Waals surface area (Å²) in [5, 5.41) is 19.4. The Morgan fingerprint density at radius 3 is 2.54 bits per heavy atom. The van der Waals surface area contributed by atoms with Crippen LogP contribution >= 0.6 is 0 Å². The van der Waals surface area contributed by atoms with Crippen molar-refractivity contribution in [3.8, 4) is 0 Å². The van der Waals surface area contributed by atoms with E-state index in [4.69, 9.17) is 4.43 Å². The van der Waals surface area contributed by atoms with Crippen LogP contribution in [0.25, 0.3) is 10.9 Å². The molecule has 1 aromatic heterocycles. The first-order valence-electron chi connectivity index (χ1n) is 9.13. The highest BCUT2D eigenvalue weighted by molar-refractivity contribution is 6.74. The van der Waals surface area contributed by atoms with E-state index < -0.39 is 8.32 Å². The van der Waals surface area contributed by atoms with Crippen molar-refractivity contribution < 1.29 is 9.35 Å². The summed E-state index contributed by atoms with van der Waals surface area (Å²) in [6.45, 7) is 12.8. The van der Waals surface area contributed by atoms with E-state index in [2.05, 4.69) is 49.0 Å². The minimum Gasteiger partial charge on any atom is -0.414 e. The fourth-order valence-corrected chi connectivity index (χ4v) is 4.60. The van der Waals surface area contributed by atoms with Crippen LogP contribution in [0.5, 0.6) is 0 Å². The van der Waals surface area contributed by atoms with Gasteiger partial charge in [0.05, 0.1) is 16.6 Å². The molecule has 3 rings (SSSR count). The Morgan fingerprint density at radius 1 is 1.31 bits per heavy atom. The molecule has 0 unspecified atom stereocenters. The standard InChI is InChI=1S/C18H28N4O3Si/c1-18(2,3)26(4,5)25-14-6-8-21(9-7-14)16-11-15-13(12-19-20-15)10-17(16)22(23)24/h10-12,14H,6-9H2,1-5H3,(H,19,20). The first-order valence-corrected chi connectivity index (χ1v) is 12.0. The Balaban J connectivity index is 1.75. The average molecular weight is 377 g/mol. The number of nitro groups is 1. The van der Waals surface area contributed by atoms with Crippen LogP contribution in [0.4, 0.5) is 11.4 Å². The normalized spacial score (nSPS) is 17.0. The van der Waals surface area contributed by atoms with Crippen LogP contribution in [0.1, 0.15) is 33.6 Å². The minimum absolute atomic E-state index is 0.141. The van der Waals surface area contributed by atoms with Crippen LogP contribution in [0.2, 0.25) is 18.1 Å². The van der Waals surface area contributed by atoms with Crippen molar-refractivity contribution in [1.82, 2.24) is 10.2 Å². The summed E-state index contributed by atoms with van der Waals surface area (Å²) in [5.41, 5.74) is 1.63. The zero-order valence-corrected chi connectivity index (χ0v) is 17.2. The van der Waals surface area contributed by atoms with Gasteiger partial charge in [-0.25, -0.2) is 0 Å². The van der Waals surface area contributed by atoms with E-state index in [1.807, 2.05) is 6.07 Å². The van der Waals surface area contributed by atoms with Gasteiger partial charge in [0, 0.05) is 30.6 Å². The van der Waals surface area contributed by atoms with E-state index in [9.17, 15) is 10.1 Å². The molecule has 0 aliphatic carbocycles. The van der Waals surface area contributed by atoms with Crippen molar-refractivity contribution in [2.24, 2.45) is 0 Å². The number of hydrogen-bond acceptors (Lipinski definition) is 5. The van der Waals surface area contributed by atoms with Crippen molar-refractivity contribution in [2.45, 2.75) is 57.8 Å². The molecule has 142 valence electrons. The van der Waals surface area contributed by atoms with Gasteiger partial charge in [0.2, 0.25) is 0 Å². The molecule has 1 saturated heterocycles. The van der Waals surface area contributed by atoms with E-state index in [0.29, 0.717) is 5.69 Å². The van der Waals surface area contributed by atoms with Crippen LogP contribution in [-0.2, 0) is 4.43 Å². The van der Waals surface area contributed by atoms with Gasteiger partial charge in [-0.3, -0.25) is 15.2 Å². The lowest BCUT2D eigenvalue weighted by atomic mass is 10.1. The van der Waals surface area contributed by atoms with E-state index in [-0.39, 0.29) is 21.8 Å². The van der Waals surface area contributed by atoms with Gasteiger partial charge >= 0.3 is 0 Å². The zero-order chi connectivity index (χ0) is 19.1. The van der Waals surface area contributed by atoms with Crippen molar-refractivity contribution in [2.75, 3.05) is 18.0 Å². The molecule has 2 heterocycles. The number of nitro benzene ring substituents is 1. The maximum absolute atomic E-state index is 11.5. The van der Waals surface area contributed by atoms with Gasteiger partial charge in [-0.15, -0.1) is 0 Å². The lowest BCUT2D eigenvalue weighted by Gasteiger charge is -2.42. The largest absolute Gasteiger partial charge is 0.414 e. The predicted octanol–water partition coefficient (Wildman–Crippen LogP) is 4.46. The van der Waals surface area contributed by atoms with Gasteiger partial charge < -0.3 is 9.33 Å². The Morgan fingerprint density at radius 2 is 1.96 bits per heavy atom. The Labute approximate surface area is 155 Å². The van der Waals surface area contributed by atoms with Crippen LogP contribution < -0.4 is 4.90 Å². The van der Waals surface area contributed by atoms with Crippen molar-refractivity contribution in [3.05, 3.63) is 28.4 Å². The Kier molecular flexibility index (Phi) is 4.83. The second-order valence-corrected chi connectivity index (χ2v) is 13.4. The lowest BCUT2D eigenvalue weighted by molar-refractivity contribution is -0.384. The zero-order valence-electron chi connectivity index (χ0n) is 16.2. The summed E-state index contributed by atoms with van der Waals surface area (Å²) < 4.78 is 6.53. The van der Waals surface area contributed by atoms with Crippen LogP contribution in [0.3, 0.4) is 0 Å². The molecule has 0 saturated carbocycles. The number of anilines is 1. The first kappa shape index (κ1) is 18.8. The molecule has 0 atom stereocenters. The highest BCUT2D eigenvalue weighted by Gasteiger charge is 2.40. The van der Waals surface area contributed by atoms with Crippen molar-refractivity contribution in [3.63, 3.8) is 0 Å². The molecule has 1 N–H and O–H groups in total. The van der Waals surface area contributed by atoms with Gasteiger partial charge in [-0.05, 0) is 37.0 Å². The van der Waals surface area contributed by atoms with Crippen molar-refractivity contribution in [1.29, 1.82) is 0 Å². The summed E-state index contributed by atoms with van der Waals surface area (Å²) in [6.07, 6.45) is 3.64. The molecular weight excluding hydrogens is 348 g/mol.